The summed E-state index contributed by atoms with van der Waals surface area (Å²) >= 11 is 1.27. The van der Waals surface area contributed by atoms with Crippen molar-refractivity contribution in [1.82, 2.24) is 20.5 Å². The Bertz CT molecular complexity index is 1120. The summed E-state index contributed by atoms with van der Waals surface area (Å²) in [5.74, 6) is 0.393. The first-order valence-corrected chi connectivity index (χ1v) is 11.0. The Balaban J connectivity index is 1.43. The van der Waals surface area contributed by atoms with Crippen LogP contribution in [0.3, 0.4) is 0 Å². The van der Waals surface area contributed by atoms with Crippen molar-refractivity contribution in [2.75, 3.05) is 0 Å². The second-order valence-corrected chi connectivity index (χ2v) is 8.43. The van der Waals surface area contributed by atoms with E-state index < -0.39 is 0 Å². The molecule has 2 N–H and O–H groups in total. The van der Waals surface area contributed by atoms with E-state index in [-0.39, 0.29) is 17.2 Å². The minimum absolute atomic E-state index is 0.00350. The number of fused-ring (bicyclic) bond motifs is 1. The summed E-state index contributed by atoms with van der Waals surface area (Å²) in [7, 11) is 0. The van der Waals surface area contributed by atoms with E-state index >= 15 is 0 Å². The maximum atomic E-state index is 12.8. The highest BCUT2D eigenvalue weighted by Gasteiger charge is 2.22. The number of carbonyl (C=O) groups excluding carboxylic acids is 1. The summed E-state index contributed by atoms with van der Waals surface area (Å²) in [4.78, 5) is 16.0. The zero-order valence-corrected chi connectivity index (χ0v) is 17.8. The van der Waals surface area contributed by atoms with E-state index in [0.717, 1.165) is 34.9 Å². The Kier molecular flexibility index (Phi) is 6.18. The lowest BCUT2D eigenvalue weighted by atomic mass is 10.0. The lowest BCUT2D eigenvalue weighted by molar-refractivity contribution is -0.121. The van der Waals surface area contributed by atoms with Gasteiger partial charge in [0.05, 0.1) is 16.9 Å². The minimum Gasteiger partial charge on any atom is -0.411 e. The first-order chi connectivity index (χ1) is 14.7. The molecule has 2 aromatic heterocycles. The number of nitrogens with one attached hydrogen (secondary N) is 2. The van der Waals surface area contributed by atoms with Crippen molar-refractivity contribution in [3.8, 4) is 11.5 Å². The maximum Gasteiger partial charge on any atom is 0.277 e. The fourth-order valence-electron chi connectivity index (χ4n) is 3.40. The molecule has 0 unspecified atom stereocenters. The molecule has 0 aliphatic carbocycles. The molecular formula is C23H24N4O2S. The zero-order valence-electron chi connectivity index (χ0n) is 17.0. The monoisotopic (exact) mass is 420 g/mol. The molecule has 4 aromatic rings. The molecule has 2 aromatic carbocycles. The lowest BCUT2D eigenvalue weighted by Gasteiger charge is -2.20. The fourth-order valence-corrected chi connectivity index (χ4v) is 4.10. The predicted octanol–water partition coefficient (Wildman–Crippen LogP) is 5.36. The van der Waals surface area contributed by atoms with Gasteiger partial charge in [-0.1, -0.05) is 73.6 Å². The van der Waals surface area contributed by atoms with Crippen LogP contribution in [0.5, 0.6) is 0 Å². The third kappa shape index (κ3) is 4.41. The first-order valence-electron chi connectivity index (χ1n) is 10.1. The molecule has 4 rings (SSSR count). The minimum atomic E-state index is -0.357. The van der Waals surface area contributed by atoms with E-state index in [0.29, 0.717) is 11.1 Å². The van der Waals surface area contributed by atoms with Crippen LogP contribution in [0.1, 0.15) is 38.3 Å². The number of rotatable bonds is 8. The molecule has 0 saturated carbocycles. The largest absolute Gasteiger partial charge is 0.411 e. The van der Waals surface area contributed by atoms with Crippen LogP contribution >= 0.6 is 11.8 Å². The SMILES string of the molecule is CCC[C@H](NC(=O)[C@H](C)Sc1nnc(-c2c[nH]c3ccccc23)o1)c1ccccc1. The number of hydrogen-bond donors (Lipinski definition) is 2. The molecule has 6 nitrogen and oxygen atoms in total. The Hall–Kier alpha value is -3.06. The summed E-state index contributed by atoms with van der Waals surface area (Å²) in [6.45, 7) is 3.97. The number of H-pyrrole nitrogens is 1. The van der Waals surface area contributed by atoms with E-state index in [1.54, 1.807) is 0 Å². The first kappa shape index (κ1) is 20.2. The van der Waals surface area contributed by atoms with Crippen LogP contribution in [0.25, 0.3) is 22.4 Å². The van der Waals surface area contributed by atoms with E-state index in [4.69, 9.17) is 4.42 Å². The molecule has 0 aliphatic rings. The van der Waals surface area contributed by atoms with Crippen molar-refractivity contribution in [2.45, 2.75) is 43.2 Å². The maximum absolute atomic E-state index is 12.8. The summed E-state index contributed by atoms with van der Waals surface area (Å²) < 4.78 is 5.83. The number of thioether (sulfide) groups is 1. The Morgan fingerprint density at radius 1 is 1.13 bits per heavy atom. The third-order valence-corrected chi connectivity index (χ3v) is 5.90. The number of aromatic nitrogens is 3. The van der Waals surface area contributed by atoms with Crippen molar-refractivity contribution in [2.24, 2.45) is 0 Å². The highest BCUT2D eigenvalue weighted by molar-refractivity contribution is 8.00. The van der Waals surface area contributed by atoms with E-state index in [1.165, 1.54) is 11.8 Å². The molecule has 0 bridgehead atoms. The van der Waals surface area contributed by atoms with Crippen LogP contribution in [0.15, 0.2) is 70.4 Å². The number of carbonyl (C=O) groups is 1. The van der Waals surface area contributed by atoms with E-state index in [9.17, 15) is 4.79 Å². The number of nitrogens with zero attached hydrogens (tertiary/aromatic N) is 2. The van der Waals surface area contributed by atoms with E-state index in [1.807, 2.05) is 67.7 Å². The number of benzene rings is 2. The van der Waals surface area contributed by atoms with Gasteiger partial charge in [0.1, 0.15) is 0 Å². The topological polar surface area (TPSA) is 83.8 Å². The van der Waals surface area contributed by atoms with Gasteiger partial charge >= 0.3 is 0 Å². The van der Waals surface area contributed by atoms with Gasteiger partial charge in [0.25, 0.3) is 11.1 Å². The van der Waals surface area contributed by atoms with Crippen LogP contribution in [-0.2, 0) is 4.79 Å². The molecule has 1 amide bonds. The molecule has 0 fully saturated rings. The van der Waals surface area contributed by atoms with Gasteiger partial charge in [-0.15, -0.1) is 10.2 Å². The smallest absolute Gasteiger partial charge is 0.277 e. The zero-order chi connectivity index (χ0) is 20.9. The summed E-state index contributed by atoms with van der Waals surface area (Å²) in [5, 5.41) is 12.5. The highest BCUT2D eigenvalue weighted by Crippen LogP contribution is 2.31. The van der Waals surface area contributed by atoms with Gasteiger partial charge < -0.3 is 14.7 Å². The summed E-state index contributed by atoms with van der Waals surface area (Å²) in [5.41, 5.74) is 2.98. The molecule has 2 atom stereocenters. The molecule has 0 saturated heterocycles. The van der Waals surface area contributed by atoms with Crippen LogP contribution in [-0.4, -0.2) is 26.3 Å². The molecule has 7 heteroatoms. The van der Waals surface area contributed by atoms with Gasteiger partial charge in [-0.2, -0.15) is 0 Å². The normalized spacial score (nSPS) is 13.3. The van der Waals surface area contributed by atoms with Gasteiger partial charge in [0.2, 0.25) is 5.91 Å². The summed E-state index contributed by atoms with van der Waals surface area (Å²) in [6, 6.07) is 18.0. The van der Waals surface area contributed by atoms with Gasteiger partial charge in [-0.05, 0) is 25.0 Å². The molecule has 30 heavy (non-hydrogen) atoms. The van der Waals surface area contributed by atoms with Crippen LogP contribution in [0, 0.1) is 0 Å². The lowest BCUT2D eigenvalue weighted by Crippen LogP contribution is -2.34. The number of hydrogen-bond acceptors (Lipinski definition) is 5. The second kappa shape index (κ2) is 9.17. The molecule has 0 spiro atoms. The fraction of sp³-hybridized carbons (Fsp3) is 0.261. The average Bonchev–Trinajstić information content (AvgIpc) is 3.40. The van der Waals surface area contributed by atoms with Crippen LogP contribution < -0.4 is 5.32 Å². The quantitative estimate of drug-likeness (QED) is 0.375. The molecule has 0 radical (unpaired) electrons. The number of para-hydroxylation sites is 1. The number of aromatic amines is 1. The second-order valence-electron chi connectivity index (χ2n) is 7.14. The van der Waals surface area contributed by atoms with E-state index in [2.05, 4.69) is 27.4 Å². The van der Waals surface area contributed by atoms with Gasteiger partial charge in [-0.3, -0.25) is 4.79 Å². The van der Waals surface area contributed by atoms with Crippen LogP contribution in [0.2, 0.25) is 0 Å². The molecule has 2 heterocycles. The molecule has 0 aliphatic heterocycles. The Labute approximate surface area is 179 Å². The van der Waals surface area contributed by atoms with Crippen molar-refractivity contribution in [3.05, 3.63) is 66.4 Å². The van der Waals surface area contributed by atoms with Crippen molar-refractivity contribution < 1.29 is 9.21 Å². The van der Waals surface area contributed by atoms with Crippen molar-refractivity contribution in [1.29, 1.82) is 0 Å². The average molecular weight is 421 g/mol. The third-order valence-electron chi connectivity index (χ3n) is 4.97. The highest BCUT2D eigenvalue weighted by atomic mass is 32.2. The Morgan fingerprint density at radius 3 is 2.70 bits per heavy atom. The Morgan fingerprint density at radius 2 is 1.90 bits per heavy atom. The van der Waals surface area contributed by atoms with Crippen molar-refractivity contribution in [3.63, 3.8) is 0 Å². The molecule has 154 valence electrons. The molecular weight excluding hydrogens is 396 g/mol. The predicted molar refractivity (Wildman–Crippen MR) is 119 cm³/mol. The van der Waals surface area contributed by atoms with Gasteiger partial charge in [0, 0.05) is 17.1 Å². The van der Waals surface area contributed by atoms with Gasteiger partial charge in [0.15, 0.2) is 0 Å². The number of amides is 1. The van der Waals surface area contributed by atoms with Crippen LogP contribution in [0.4, 0.5) is 0 Å². The standard InChI is InChI=1S/C23H24N4O2S/c1-3-9-19(16-10-5-4-6-11-16)25-21(28)15(2)30-23-27-26-22(29-23)18-14-24-20-13-8-7-12-17(18)20/h4-8,10-15,19,24H,3,9H2,1-2H3,(H,25,28)/t15-,19-/m0/s1. The summed E-state index contributed by atoms with van der Waals surface area (Å²) in [6.07, 6.45) is 3.73. The van der Waals surface area contributed by atoms with Crippen molar-refractivity contribution >= 4 is 28.6 Å². The van der Waals surface area contributed by atoms with Gasteiger partial charge in [-0.25, -0.2) is 0 Å².